The molecule has 1 aliphatic carbocycles. The van der Waals surface area contributed by atoms with E-state index in [1.165, 1.54) is 5.56 Å². The SMILES string of the molecule is O=C(CN1CCOCC1)N[C@@H](c1ccc2c(c1)CCO2)C1CC(O)C1. The Morgan fingerprint density at radius 3 is 2.84 bits per heavy atom. The number of rotatable bonds is 5. The summed E-state index contributed by atoms with van der Waals surface area (Å²) in [7, 11) is 0. The van der Waals surface area contributed by atoms with E-state index in [9.17, 15) is 9.90 Å². The van der Waals surface area contributed by atoms with Gasteiger partial charge in [0.25, 0.3) is 0 Å². The molecule has 0 aromatic heterocycles. The fourth-order valence-electron chi connectivity index (χ4n) is 3.96. The number of hydrogen-bond acceptors (Lipinski definition) is 5. The molecule has 2 N–H and O–H groups in total. The Morgan fingerprint density at radius 1 is 1.28 bits per heavy atom. The minimum absolute atomic E-state index is 0.0390. The third kappa shape index (κ3) is 3.81. The van der Waals surface area contributed by atoms with Crippen LogP contribution in [0.15, 0.2) is 18.2 Å². The first-order valence-electron chi connectivity index (χ1n) is 9.22. The minimum atomic E-state index is -0.235. The Hall–Kier alpha value is -1.63. The summed E-state index contributed by atoms with van der Waals surface area (Å²) < 4.78 is 10.9. The normalized spacial score (nSPS) is 27.1. The van der Waals surface area contributed by atoms with E-state index in [2.05, 4.69) is 22.3 Å². The first kappa shape index (κ1) is 16.8. The van der Waals surface area contributed by atoms with Gasteiger partial charge in [-0.3, -0.25) is 9.69 Å². The molecule has 136 valence electrons. The van der Waals surface area contributed by atoms with E-state index in [0.717, 1.165) is 50.3 Å². The summed E-state index contributed by atoms with van der Waals surface area (Å²) >= 11 is 0. The number of hydrogen-bond donors (Lipinski definition) is 2. The van der Waals surface area contributed by atoms with Crippen LogP contribution in [-0.4, -0.2) is 61.5 Å². The van der Waals surface area contributed by atoms with Crippen molar-refractivity contribution in [3.63, 3.8) is 0 Å². The summed E-state index contributed by atoms with van der Waals surface area (Å²) in [5, 5.41) is 12.9. The van der Waals surface area contributed by atoms with Crippen LogP contribution in [0.2, 0.25) is 0 Å². The number of morpholine rings is 1. The lowest BCUT2D eigenvalue weighted by molar-refractivity contribution is -0.125. The van der Waals surface area contributed by atoms with Crippen LogP contribution in [0.5, 0.6) is 5.75 Å². The number of carbonyl (C=O) groups excluding carboxylic acids is 1. The van der Waals surface area contributed by atoms with Crippen molar-refractivity contribution < 1.29 is 19.4 Å². The van der Waals surface area contributed by atoms with Crippen molar-refractivity contribution in [3.05, 3.63) is 29.3 Å². The third-order valence-electron chi connectivity index (χ3n) is 5.48. The van der Waals surface area contributed by atoms with Crippen LogP contribution >= 0.6 is 0 Å². The molecule has 0 bridgehead atoms. The van der Waals surface area contributed by atoms with Crippen molar-refractivity contribution in [2.24, 2.45) is 5.92 Å². The number of aliphatic hydroxyl groups excluding tert-OH is 1. The largest absolute Gasteiger partial charge is 0.493 e. The average molecular weight is 346 g/mol. The molecular weight excluding hydrogens is 320 g/mol. The lowest BCUT2D eigenvalue weighted by atomic mass is 9.75. The molecule has 2 heterocycles. The maximum Gasteiger partial charge on any atom is 0.234 e. The van der Waals surface area contributed by atoms with E-state index in [1.807, 2.05) is 6.07 Å². The molecule has 1 amide bonds. The molecule has 6 heteroatoms. The van der Waals surface area contributed by atoms with Gasteiger partial charge in [-0.1, -0.05) is 6.07 Å². The Bertz CT molecular complexity index is 624. The fourth-order valence-corrected chi connectivity index (χ4v) is 3.96. The molecule has 1 aromatic carbocycles. The van der Waals surface area contributed by atoms with Crippen molar-refractivity contribution in [3.8, 4) is 5.75 Å². The van der Waals surface area contributed by atoms with Gasteiger partial charge in [0.15, 0.2) is 0 Å². The topological polar surface area (TPSA) is 71.0 Å². The Balaban J connectivity index is 1.45. The molecule has 3 aliphatic rings. The highest BCUT2D eigenvalue weighted by Gasteiger charge is 2.36. The molecule has 0 unspecified atom stereocenters. The van der Waals surface area contributed by atoms with Crippen LogP contribution in [0.25, 0.3) is 0 Å². The Kier molecular flexibility index (Phi) is 4.92. The lowest BCUT2D eigenvalue weighted by Crippen LogP contribution is -2.47. The van der Waals surface area contributed by atoms with Crippen LogP contribution in [0.4, 0.5) is 0 Å². The van der Waals surface area contributed by atoms with Gasteiger partial charge >= 0.3 is 0 Å². The molecule has 6 nitrogen and oxygen atoms in total. The van der Waals surface area contributed by atoms with E-state index in [0.29, 0.717) is 25.7 Å². The van der Waals surface area contributed by atoms with E-state index in [-0.39, 0.29) is 18.1 Å². The highest BCUT2D eigenvalue weighted by molar-refractivity contribution is 5.78. The summed E-state index contributed by atoms with van der Waals surface area (Å²) in [6.45, 7) is 4.12. The number of fused-ring (bicyclic) bond motifs is 1. The quantitative estimate of drug-likeness (QED) is 0.828. The van der Waals surface area contributed by atoms with Gasteiger partial charge in [-0.2, -0.15) is 0 Å². The van der Waals surface area contributed by atoms with Crippen LogP contribution < -0.4 is 10.1 Å². The first-order valence-corrected chi connectivity index (χ1v) is 9.22. The number of ether oxygens (including phenoxy) is 2. The number of benzene rings is 1. The second-order valence-corrected chi connectivity index (χ2v) is 7.28. The number of amides is 1. The van der Waals surface area contributed by atoms with Crippen LogP contribution in [0.1, 0.15) is 30.0 Å². The van der Waals surface area contributed by atoms with Gasteiger partial charge in [0.1, 0.15) is 5.75 Å². The monoisotopic (exact) mass is 346 g/mol. The van der Waals surface area contributed by atoms with Crippen LogP contribution in [0.3, 0.4) is 0 Å². The second kappa shape index (κ2) is 7.32. The highest BCUT2D eigenvalue weighted by atomic mass is 16.5. The Morgan fingerprint density at radius 2 is 2.08 bits per heavy atom. The predicted octanol–water partition coefficient (Wildman–Crippen LogP) is 0.882. The van der Waals surface area contributed by atoms with Gasteiger partial charge in [-0.15, -0.1) is 0 Å². The summed E-state index contributed by atoms with van der Waals surface area (Å²) in [5.41, 5.74) is 2.33. The Labute approximate surface area is 148 Å². The van der Waals surface area contributed by atoms with Crippen molar-refractivity contribution in [2.75, 3.05) is 39.5 Å². The zero-order chi connectivity index (χ0) is 17.2. The summed E-state index contributed by atoms with van der Waals surface area (Å²) in [6, 6.07) is 6.18. The van der Waals surface area contributed by atoms with E-state index in [4.69, 9.17) is 9.47 Å². The number of aliphatic hydroxyl groups is 1. The number of nitrogens with one attached hydrogen (secondary N) is 1. The molecule has 2 aliphatic heterocycles. The highest BCUT2D eigenvalue weighted by Crippen LogP contribution is 2.39. The summed E-state index contributed by atoms with van der Waals surface area (Å²) in [6.07, 6.45) is 2.18. The molecule has 1 saturated carbocycles. The molecule has 25 heavy (non-hydrogen) atoms. The van der Waals surface area contributed by atoms with Gasteiger partial charge in [-0.25, -0.2) is 0 Å². The van der Waals surface area contributed by atoms with Crippen molar-refractivity contribution in [1.29, 1.82) is 0 Å². The van der Waals surface area contributed by atoms with E-state index < -0.39 is 0 Å². The number of carbonyl (C=O) groups is 1. The molecule has 0 spiro atoms. The molecule has 2 fully saturated rings. The molecule has 1 saturated heterocycles. The van der Waals surface area contributed by atoms with Gasteiger partial charge in [0, 0.05) is 19.5 Å². The van der Waals surface area contributed by atoms with E-state index in [1.54, 1.807) is 0 Å². The maximum atomic E-state index is 12.6. The molecule has 0 radical (unpaired) electrons. The minimum Gasteiger partial charge on any atom is -0.493 e. The van der Waals surface area contributed by atoms with Gasteiger partial charge in [0.05, 0.1) is 38.5 Å². The van der Waals surface area contributed by atoms with Crippen molar-refractivity contribution >= 4 is 5.91 Å². The van der Waals surface area contributed by atoms with E-state index >= 15 is 0 Å². The van der Waals surface area contributed by atoms with Gasteiger partial charge < -0.3 is 19.9 Å². The van der Waals surface area contributed by atoms with Gasteiger partial charge in [0.2, 0.25) is 5.91 Å². The zero-order valence-electron chi connectivity index (χ0n) is 14.4. The smallest absolute Gasteiger partial charge is 0.234 e. The molecule has 1 aromatic rings. The third-order valence-corrected chi connectivity index (χ3v) is 5.48. The van der Waals surface area contributed by atoms with Crippen LogP contribution in [0, 0.1) is 5.92 Å². The fraction of sp³-hybridized carbons (Fsp3) is 0.632. The molecule has 1 atom stereocenters. The average Bonchev–Trinajstić information content (AvgIpc) is 3.06. The predicted molar refractivity (Wildman–Crippen MR) is 92.5 cm³/mol. The molecule has 4 rings (SSSR count). The lowest BCUT2D eigenvalue weighted by Gasteiger charge is -2.39. The number of nitrogens with zero attached hydrogens (tertiary/aromatic N) is 1. The summed E-state index contributed by atoms with van der Waals surface area (Å²) in [4.78, 5) is 14.7. The zero-order valence-corrected chi connectivity index (χ0v) is 14.4. The second-order valence-electron chi connectivity index (χ2n) is 7.28. The first-order chi connectivity index (χ1) is 12.2. The standard InChI is InChI=1S/C19H26N2O4/c22-16-10-15(11-16)19(14-1-2-17-13(9-14)3-6-25-17)20-18(23)12-21-4-7-24-8-5-21/h1-2,9,15-16,19,22H,3-8,10-12H2,(H,20,23)/t15?,16?,19-/m0/s1. The van der Waals surface area contributed by atoms with Gasteiger partial charge in [-0.05, 0) is 42.0 Å². The van der Waals surface area contributed by atoms with Crippen molar-refractivity contribution in [2.45, 2.75) is 31.4 Å². The van der Waals surface area contributed by atoms with Crippen molar-refractivity contribution in [1.82, 2.24) is 10.2 Å². The maximum absolute atomic E-state index is 12.6. The summed E-state index contributed by atoms with van der Waals surface area (Å²) in [5.74, 6) is 1.30. The molecular formula is C19H26N2O4. The van der Waals surface area contributed by atoms with Crippen LogP contribution in [-0.2, 0) is 16.0 Å².